The molecule has 3 fully saturated rings. The number of aromatic nitrogens is 1. The van der Waals surface area contributed by atoms with Crippen LogP contribution in [0.4, 0.5) is 5.82 Å². The van der Waals surface area contributed by atoms with Crippen molar-refractivity contribution in [2.75, 3.05) is 44.7 Å². The lowest BCUT2D eigenvalue weighted by molar-refractivity contribution is -0.124. The number of fused-ring (bicyclic) bond motifs is 1. The molecule has 1 aromatic heterocycles. The summed E-state index contributed by atoms with van der Waals surface area (Å²) in [7, 11) is 1.81. The quantitative estimate of drug-likeness (QED) is 0.475. The van der Waals surface area contributed by atoms with Gasteiger partial charge in [0, 0.05) is 56.8 Å². The molecule has 7 nitrogen and oxygen atoms in total. The normalized spacial score (nSPS) is 29.5. The first-order valence-electron chi connectivity index (χ1n) is 14.3. The minimum absolute atomic E-state index is 0.0140. The smallest absolute Gasteiger partial charge is 0.220 e. The number of piperazine rings is 1. The van der Waals surface area contributed by atoms with Gasteiger partial charge >= 0.3 is 0 Å². The first kappa shape index (κ1) is 26.8. The molecule has 1 aromatic carbocycles. The van der Waals surface area contributed by atoms with Gasteiger partial charge in [0.1, 0.15) is 0 Å². The summed E-state index contributed by atoms with van der Waals surface area (Å²) in [6, 6.07) is 6.10. The van der Waals surface area contributed by atoms with Crippen molar-refractivity contribution >= 4 is 34.3 Å². The molecule has 2 aliphatic carbocycles. The second-order valence-corrected chi connectivity index (χ2v) is 12.3. The third-order valence-electron chi connectivity index (χ3n) is 9.28. The van der Waals surface area contributed by atoms with Crippen molar-refractivity contribution in [1.29, 1.82) is 0 Å². The number of hydrogen-bond acceptors (Lipinski definition) is 6. The van der Waals surface area contributed by atoms with Gasteiger partial charge in [-0.3, -0.25) is 9.69 Å². The molecular formula is C29H43ClN4O3. The van der Waals surface area contributed by atoms with E-state index in [1.807, 2.05) is 25.3 Å². The Morgan fingerprint density at radius 2 is 1.84 bits per heavy atom. The molecule has 5 rings (SSSR count). The number of rotatable bonds is 8. The van der Waals surface area contributed by atoms with Crippen LogP contribution in [-0.4, -0.2) is 67.4 Å². The number of halogens is 1. The van der Waals surface area contributed by atoms with Gasteiger partial charge in [-0.2, -0.15) is 0 Å². The minimum atomic E-state index is 0.0140. The maximum absolute atomic E-state index is 12.7. The fraction of sp³-hybridized carbons (Fsp3) is 0.724. The lowest BCUT2D eigenvalue weighted by Gasteiger charge is -2.37. The molecule has 0 spiro atoms. The van der Waals surface area contributed by atoms with E-state index >= 15 is 0 Å². The number of ether oxygens (including phenoxy) is 1. The number of nitrogens with one attached hydrogen (secondary N) is 1. The summed E-state index contributed by atoms with van der Waals surface area (Å²) in [6.07, 6.45) is 11.0. The molecule has 8 heteroatoms. The van der Waals surface area contributed by atoms with Gasteiger partial charge in [-0.1, -0.05) is 16.8 Å². The highest BCUT2D eigenvalue weighted by Crippen LogP contribution is 2.36. The van der Waals surface area contributed by atoms with Crippen molar-refractivity contribution in [1.82, 2.24) is 15.4 Å². The summed E-state index contributed by atoms with van der Waals surface area (Å²) in [4.78, 5) is 17.6. The lowest BCUT2D eigenvalue weighted by Crippen LogP contribution is -2.47. The molecule has 204 valence electrons. The third kappa shape index (κ3) is 6.79. The molecule has 1 N–H and O–H groups in total. The van der Waals surface area contributed by atoms with Gasteiger partial charge in [-0.05, 0) is 95.2 Å². The number of methoxy groups -OCH3 is 1. The van der Waals surface area contributed by atoms with E-state index in [0.29, 0.717) is 23.4 Å². The van der Waals surface area contributed by atoms with Crippen LogP contribution in [0.15, 0.2) is 22.7 Å². The van der Waals surface area contributed by atoms with Crippen LogP contribution in [-0.2, 0) is 9.53 Å². The zero-order valence-corrected chi connectivity index (χ0v) is 23.3. The van der Waals surface area contributed by atoms with Crippen LogP contribution < -0.4 is 10.2 Å². The molecular weight excluding hydrogens is 488 g/mol. The van der Waals surface area contributed by atoms with Crippen molar-refractivity contribution in [2.45, 2.75) is 82.8 Å². The van der Waals surface area contributed by atoms with Gasteiger partial charge in [0.15, 0.2) is 11.4 Å². The van der Waals surface area contributed by atoms with Crippen LogP contribution in [0.25, 0.3) is 11.0 Å². The molecule has 2 heterocycles. The van der Waals surface area contributed by atoms with E-state index in [1.165, 1.54) is 19.3 Å². The third-order valence-corrected chi connectivity index (χ3v) is 9.52. The number of benzene rings is 1. The van der Waals surface area contributed by atoms with Crippen LogP contribution in [0.5, 0.6) is 0 Å². The number of hydrogen-bond donors (Lipinski definition) is 1. The topological polar surface area (TPSA) is 70.8 Å². The average Bonchev–Trinajstić information content (AvgIpc) is 3.33. The highest BCUT2D eigenvalue weighted by molar-refractivity contribution is 6.31. The SMILES string of the molecule is COC1(C)CCC(CC(=O)NC2CCC(CCN3CCN(c4noc5cc(Cl)ccc45)CC3)CC2)CC1. The van der Waals surface area contributed by atoms with Gasteiger partial charge < -0.3 is 19.5 Å². The van der Waals surface area contributed by atoms with Gasteiger partial charge in [0.25, 0.3) is 0 Å². The molecule has 2 aromatic rings. The predicted octanol–water partition coefficient (Wildman–Crippen LogP) is 5.65. The summed E-state index contributed by atoms with van der Waals surface area (Å²) in [5, 5.41) is 9.38. The molecule has 0 unspecified atom stereocenters. The van der Waals surface area contributed by atoms with Crippen LogP contribution in [0.3, 0.4) is 0 Å². The first-order chi connectivity index (χ1) is 17.9. The minimum Gasteiger partial charge on any atom is -0.379 e. The number of anilines is 1. The van der Waals surface area contributed by atoms with Gasteiger partial charge in [-0.15, -0.1) is 0 Å². The van der Waals surface area contributed by atoms with Gasteiger partial charge in [0.05, 0.1) is 11.0 Å². The highest BCUT2D eigenvalue weighted by atomic mass is 35.5. The standard InChI is InChI=1S/C29H43ClN4O3/c1-29(36-2)12-9-22(10-13-29)19-27(35)31-24-6-3-21(4-7-24)11-14-33-15-17-34(18-16-33)28-25-8-5-23(30)20-26(25)37-32-28/h5,8,20-22,24H,3-4,6-7,9-19H2,1-2H3,(H,31,35). The van der Waals surface area contributed by atoms with Crippen molar-refractivity contribution in [3.8, 4) is 0 Å². The Kier molecular flexibility index (Phi) is 8.62. The fourth-order valence-corrected chi connectivity index (χ4v) is 6.68. The Hall–Kier alpha value is -1.83. The van der Waals surface area contributed by atoms with Gasteiger partial charge in [0.2, 0.25) is 5.91 Å². The molecule has 2 saturated carbocycles. The molecule has 0 radical (unpaired) electrons. The zero-order chi connectivity index (χ0) is 25.8. The van der Waals surface area contributed by atoms with E-state index in [-0.39, 0.29) is 11.5 Å². The van der Waals surface area contributed by atoms with E-state index in [2.05, 4.69) is 27.2 Å². The Morgan fingerprint density at radius 1 is 1.11 bits per heavy atom. The molecule has 37 heavy (non-hydrogen) atoms. The first-order valence-corrected chi connectivity index (χ1v) is 14.7. The zero-order valence-electron chi connectivity index (χ0n) is 22.5. The summed E-state index contributed by atoms with van der Waals surface area (Å²) in [6.45, 7) is 7.39. The van der Waals surface area contributed by atoms with Crippen LogP contribution in [0.2, 0.25) is 5.02 Å². The number of carbonyl (C=O) groups is 1. The summed E-state index contributed by atoms with van der Waals surface area (Å²) in [5.74, 6) is 2.49. The van der Waals surface area contributed by atoms with Crippen LogP contribution >= 0.6 is 11.6 Å². The Bertz CT molecular complexity index is 1030. The highest BCUT2D eigenvalue weighted by Gasteiger charge is 2.32. The fourth-order valence-electron chi connectivity index (χ4n) is 6.52. The Balaban J connectivity index is 0.972. The van der Waals surface area contributed by atoms with Gasteiger partial charge in [-0.25, -0.2) is 0 Å². The molecule has 1 aliphatic heterocycles. The van der Waals surface area contributed by atoms with E-state index < -0.39 is 0 Å². The van der Waals surface area contributed by atoms with Crippen LogP contribution in [0, 0.1) is 11.8 Å². The summed E-state index contributed by atoms with van der Waals surface area (Å²) in [5.41, 5.74) is 0.764. The summed E-state index contributed by atoms with van der Waals surface area (Å²) >= 11 is 6.08. The maximum Gasteiger partial charge on any atom is 0.220 e. The van der Waals surface area contributed by atoms with Crippen molar-refractivity contribution < 1.29 is 14.1 Å². The average molecular weight is 531 g/mol. The number of nitrogens with zero attached hydrogens (tertiary/aromatic N) is 3. The lowest BCUT2D eigenvalue weighted by atomic mass is 9.78. The van der Waals surface area contributed by atoms with Crippen LogP contribution in [0.1, 0.15) is 71.1 Å². The van der Waals surface area contributed by atoms with E-state index in [1.54, 1.807) is 0 Å². The monoisotopic (exact) mass is 530 g/mol. The largest absolute Gasteiger partial charge is 0.379 e. The van der Waals surface area contributed by atoms with E-state index in [4.69, 9.17) is 20.9 Å². The van der Waals surface area contributed by atoms with Crippen molar-refractivity contribution in [3.63, 3.8) is 0 Å². The molecule has 0 atom stereocenters. The molecule has 3 aliphatic rings. The molecule has 1 saturated heterocycles. The second-order valence-electron chi connectivity index (χ2n) is 11.9. The van der Waals surface area contributed by atoms with E-state index in [0.717, 1.165) is 94.0 Å². The molecule has 1 amide bonds. The number of carbonyl (C=O) groups excluding carboxylic acids is 1. The number of amides is 1. The Morgan fingerprint density at radius 3 is 2.54 bits per heavy atom. The Labute approximate surface area is 226 Å². The summed E-state index contributed by atoms with van der Waals surface area (Å²) < 4.78 is 11.1. The molecule has 0 bridgehead atoms. The van der Waals surface area contributed by atoms with Crippen molar-refractivity contribution in [3.05, 3.63) is 23.2 Å². The van der Waals surface area contributed by atoms with E-state index in [9.17, 15) is 4.79 Å². The maximum atomic E-state index is 12.7. The predicted molar refractivity (Wildman–Crippen MR) is 148 cm³/mol. The second kappa shape index (κ2) is 11.9. The van der Waals surface area contributed by atoms with Crippen molar-refractivity contribution in [2.24, 2.45) is 11.8 Å².